The molecular weight excluding hydrogens is 266 g/mol. The first-order valence-corrected chi connectivity index (χ1v) is 6.25. The Balaban J connectivity index is 2.61. The molecule has 0 aliphatic heterocycles. The summed E-state index contributed by atoms with van der Waals surface area (Å²) >= 11 is 0. The molecular formula is C11H19N5O4. The first-order chi connectivity index (χ1) is 9.60. The van der Waals surface area contributed by atoms with Gasteiger partial charge in [0.15, 0.2) is 0 Å². The highest BCUT2D eigenvalue weighted by atomic mass is 16.7. The van der Waals surface area contributed by atoms with E-state index >= 15 is 0 Å². The van der Waals surface area contributed by atoms with Crippen LogP contribution in [0.25, 0.3) is 0 Å². The maximum Gasteiger partial charge on any atom is 0.321 e. The van der Waals surface area contributed by atoms with Crippen LogP contribution in [0.4, 0.5) is 4.79 Å². The van der Waals surface area contributed by atoms with E-state index in [1.165, 1.54) is 11.7 Å². The molecule has 0 aliphatic rings. The minimum absolute atomic E-state index is 0.120. The van der Waals surface area contributed by atoms with Crippen molar-refractivity contribution in [2.75, 3.05) is 20.3 Å². The van der Waals surface area contributed by atoms with Crippen LogP contribution in [0.5, 0.6) is 0 Å². The third-order valence-electron chi connectivity index (χ3n) is 2.22. The van der Waals surface area contributed by atoms with Crippen LogP contribution in [0.15, 0.2) is 6.20 Å². The Morgan fingerprint density at radius 2 is 2.00 bits per heavy atom. The number of imide groups is 1. The van der Waals surface area contributed by atoms with Crippen molar-refractivity contribution in [1.29, 1.82) is 0 Å². The number of urea groups is 1. The van der Waals surface area contributed by atoms with Crippen molar-refractivity contribution in [3.63, 3.8) is 0 Å². The molecule has 0 saturated carbocycles. The minimum atomic E-state index is -0.610. The lowest BCUT2D eigenvalue weighted by molar-refractivity contribution is -0.142. The molecule has 0 atom stereocenters. The maximum absolute atomic E-state index is 11.5. The molecule has 1 aromatic rings. The van der Waals surface area contributed by atoms with Crippen molar-refractivity contribution >= 4 is 11.9 Å². The second-order valence-corrected chi connectivity index (χ2v) is 3.71. The zero-order valence-electron chi connectivity index (χ0n) is 11.8. The molecule has 112 valence electrons. The van der Waals surface area contributed by atoms with Crippen LogP contribution in [-0.2, 0) is 20.8 Å². The summed E-state index contributed by atoms with van der Waals surface area (Å²) in [6.07, 6.45) is 0.931. The van der Waals surface area contributed by atoms with E-state index in [1.807, 2.05) is 13.8 Å². The lowest BCUT2D eigenvalue weighted by Gasteiger charge is -2.13. The summed E-state index contributed by atoms with van der Waals surface area (Å²) < 4.78 is 12.0. The van der Waals surface area contributed by atoms with Crippen LogP contribution < -0.4 is 10.6 Å². The van der Waals surface area contributed by atoms with Crippen molar-refractivity contribution in [3.05, 3.63) is 11.9 Å². The van der Waals surface area contributed by atoms with Gasteiger partial charge >= 0.3 is 6.03 Å². The van der Waals surface area contributed by atoms with Gasteiger partial charge in [0.2, 0.25) is 12.2 Å². The molecule has 0 spiro atoms. The fourth-order valence-corrected chi connectivity index (χ4v) is 1.40. The van der Waals surface area contributed by atoms with Crippen molar-refractivity contribution in [2.45, 2.75) is 26.7 Å². The van der Waals surface area contributed by atoms with E-state index < -0.39 is 18.2 Å². The average Bonchev–Trinajstić information content (AvgIpc) is 2.86. The van der Waals surface area contributed by atoms with Crippen LogP contribution >= 0.6 is 0 Å². The molecule has 0 aliphatic carbocycles. The fraction of sp³-hybridized carbons (Fsp3) is 0.636. The lowest BCUT2D eigenvalue weighted by atomic mass is 10.4. The van der Waals surface area contributed by atoms with Crippen LogP contribution in [0.3, 0.4) is 0 Å². The second-order valence-electron chi connectivity index (χ2n) is 3.71. The molecule has 0 bridgehead atoms. The molecule has 0 fully saturated rings. The first-order valence-electron chi connectivity index (χ1n) is 6.25. The van der Waals surface area contributed by atoms with E-state index in [0.29, 0.717) is 18.9 Å². The van der Waals surface area contributed by atoms with E-state index in [0.717, 1.165) is 0 Å². The molecule has 3 amide bonds. The maximum atomic E-state index is 11.5. The first kappa shape index (κ1) is 16.1. The van der Waals surface area contributed by atoms with Crippen LogP contribution in [0.1, 0.15) is 25.8 Å². The predicted octanol–water partition coefficient (Wildman–Crippen LogP) is -0.195. The van der Waals surface area contributed by atoms with Gasteiger partial charge in [-0.25, -0.2) is 9.48 Å². The van der Waals surface area contributed by atoms with Gasteiger partial charge in [-0.3, -0.25) is 10.1 Å². The molecule has 20 heavy (non-hydrogen) atoms. The van der Waals surface area contributed by atoms with E-state index in [4.69, 9.17) is 9.47 Å². The number of hydrogen-bond acceptors (Lipinski definition) is 6. The van der Waals surface area contributed by atoms with Gasteiger partial charge in [0.1, 0.15) is 12.2 Å². The molecule has 0 unspecified atom stereocenters. The summed E-state index contributed by atoms with van der Waals surface area (Å²) in [5.41, 5.74) is 0.474. The molecule has 0 aromatic carbocycles. The van der Waals surface area contributed by atoms with E-state index in [9.17, 15) is 9.59 Å². The number of aromatic nitrogens is 3. The highest BCUT2D eigenvalue weighted by molar-refractivity contribution is 5.93. The van der Waals surface area contributed by atoms with Crippen molar-refractivity contribution in [1.82, 2.24) is 25.6 Å². The molecule has 1 aromatic heterocycles. The Hall–Kier alpha value is -2.00. The predicted molar refractivity (Wildman–Crippen MR) is 68.6 cm³/mol. The number of hydrogen-bond donors (Lipinski definition) is 2. The Morgan fingerprint density at radius 3 is 2.55 bits per heavy atom. The van der Waals surface area contributed by atoms with Gasteiger partial charge < -0.3 is 14.8 Å². The molecule has 0 radical (unpaired) electrons. The Labute approximate surface area is 116 Å². The fourth-order valence-electron chi connectivity index (χ4n) is 1.40. The van der Waals surface area contributed by atoms with Gasteiger partial charge in [-0.05, 0) is 13.8 Å². The van der Waals surface area contributed by atoms with Gasteiger partial charge in [-0.15, -0.1) is 5.10 Å². The topological polar surface area (TPSA) is 107 Å². The monoisotopic (exact) mass is 285 g/mol. The number of carbonyl (C=O) groups excluding carboxylic acids is 2. The number of carbonyl (C=O) groups is 2. The van der Waals surface area contributed by atoms with Crippen molar-refractivity contribution < 1.29 is 19.1 Å². The molecule has 9 heteroatoms. The highest BCUT2D eigenvalue weighted by Gasteiger charge is 2.16. The summed E-state index contributed by atoms with van der Waals surface area (Å²) in [6.45, 7) is 4.50. The number of ether oxygens (including phenoxy) is 2. The highest BCUT2D eigenvalue weighted by Crippen LogP contribution is 2.15. The zero-order valence-corrected chi connectivity index (χ0v) is 11.8. The lowest BCUT2D eigenvalue weighted by Crippen LogP contribution is -2.39. The van der Waals surface area contributed by atoms with Gasteiger partial charge in [0, 0.05) is 20.3 Å². The van der Waals surface area contributed by atoms with Gasteiger partial charge in [-0.2, -0.15) is 0 Å². The Morgan fingerprint density at radius 1 is 1.35 bits per heavy atom. The average molecular weight is 285 g/mol. The molecule has 1 rings (SSSR count). The normalized spacial score (nSPS) is 10.6. The van der Waals surface area contributed by atoms with E-state index in [-0.39, 0.29) is 6.54 Å². The molecule has 1 heterocycles. The smallest absolute Gasteiger partial charge is 0.321 e. The van der Waals surface area contributed by atoms with Gasteiger partial charge in [0.25, 0.3) is 0 Å². The molecule has 2 N–H and O–H groups in total. The van der Waals surface area contributed by atoms with Crippen LogP contribution in [-0.4, -0.2) is 47.2 Å². The quantitative estimate of drug-likeness (QED) is 0.672. The number of nitrogens with zero attached hydrogens (tertiary/aromatic N) is 3. The minimum Gasteiger partial charge on any atom is -0.347 e. The molecule has 9 nitrogen and oxygen atoms in total. The van der Waals surface area contributed by atoms with Gasteiger partial charge in [-0.1, -0.05) is 5.21 Å². The van der Waals surface area contributed by atoms with Crippen LogP contribution in [0.2, 0.25) is 0 Å². The van der Waals surface area contributed by atoms with Crippen molar-refractivity contribution in [2.24, 2.45) is 0 Å². The summed E-state index contributed by atoms with van der Waals surface area (Å²) in [5, 5.41) is 12.1. The summed E-state index contributed by atoms with van der Waals surface area (Å²) in [7, 11) is 1.42. The Kier molecular flexibility index (Phi) is 6.60. The van der Waals surface area contributed by atoms with Crippen LogP contribution in [0, 0.1) is 0 Å². The molecule has 0 saturated heterocycles. The zero-order chi connectivity index (χ0) is 15.0. The number of rotatable bonds is 7. The largest absolute Gasteiger partial charge is 0.347 e. The standard InChI is InChI=1S/C11H19N5O4/c1-4-19-10(20-5-2)8-6-16(15-14-8)7-9(17)13-11(18)12-3/h6,10H,4-5,7H2,1-3H3,(H2,12,13,17,18). The summed E-state index contributed by atoms with van der Waals surface area (Å²) in [5.74, 6) is -0.495. The van der Waals surface area contributed by atoms with E-state index in [2.05, 4.69) is 20.9 Å². The second kappa shape index (κ2) is 8.23. The van der Waals surface area contributed by atoms with E-state index in [1.54, 1.807) is 6.20 Å². The van der Waals surface area contributed by atoms with Crippen molar-refractivity contribution in [3.8, 4) is 0 Å². The third kappa shape index (κ3) is 4.94. The summed E-state index contributed by atoms with van der Waals surface area (Å²) in [4.78, 5) is 22.5. The number of nitrogens with one attached hydrogen (secondary N) is 2. The SMILES string of the molecule is CCOC(OCC)c1cn(CC(=O)NC(=O)NC)nn1. The third-order valence-corrected chi connectivity index (χ3v) is 2.22. The Bertz CT molecular complexity index is 442. The summed E-state index contributed by atoms with van der Waals surface area (Å²) in [6, 6.07) is -0.572. The number of amides is 3. The van der Waals surface area contributed by atoms with Gasteiger partial charge in [0.05, 0.1) is 6.20 Å².